The van der Waals surface area contributed by atoms with Crippen molar-refractivity contribution in [2.24, 2.45) is 0 Å². The number of rotatable bonds is 10. The molecule has 1 aromatic heterocycles. The molecule has 0 aromatic carbocycles. The zero-order valence-electron chi connectivity index (χ0n) is 21.0. The molecule has 0 bridgehead atoms. The predicted octanol–water partition coefficient (Wildman–Crippen LogP) is 0.267. The number of nitrogens with one attached hydrogen (secondary N) is 3. The van der Waals surface area contributed by atoms with Crippen molar-refractivity contribution in [3.8, 4) is 0 Å². The quantitative estimate of drug-likeness (QED) is 0.264. The third kappa shape index (κ3) is 8.43. The lowest BCUT2D eigenvalue weighted by Crippen LogP contribution is -2.46. The first-order valence-electron chi connectivity index (χ1n) is 11.6. The predicted molar refractivity (Wildman–Crippen MR) is 125 cm³/mol. The summed E-state index contributed by atoms with van der Waals surface area (Å²) in [6.07, 6.45) is -4.99. The van der Waals surface area contributed by atoms with E-state index in [1.807, 2.05) is 0 Å². The number of aliphatic hydroxyl groups excluding tert-OH is 2. The third-order valence-corrected chi connectivity index (χ3v) is 5.19. The molecule has 15 heteroatoms. The minimum absolute atomic E-state index is 0.157. The summed E-state index contributed by atoms with van der Waals surface area (Å²) in [5, 5.41) is 26.2. The third-order valence-electron chi connectivity index (χ3n) is 5.19. The number of anilines is 1. The van der Waals surface area contributed by atoms with Gasteiger partial charge in [0.15, 0.2) is 6.10 Å². The first kappa shape index (κ1) is 30.1. The number of amides is 3. The van der Waals surface area contributed by atoms with Gasteiger partial charge in [-0.3, -0.25) is 14.2 Å². The molecule has 13 nitrogen and oxygen atoms in total. The summed E-state index contributed by atoms with van der Waals surface area (Å²) in [6, 6.07) is -0.0296. The van der Waals surface area contributed by atoms with Crippen LogP contribution in [0.15, 0.2) is 17.1 Å². The molecular weight excluding hydrogens is 500 g/mol. The number of carbonyl (C=O) groups is 3. The summed E-state index contributed by atoms with van der Waals surface area (Å²) in [5.41, 5.74) is -2.03. The van der Waals surface area contributed by atoms with E-state index in [1.165, 1.54) is 6.92 Å². The highest BCUT2D eigenvalue weighted by atomic mass is 19.3. The van der Waals surface area contributed by atoms with Crippen LogP contribution in [0.4, 0.5) is 19.4 Å². The van der Waals surface area contributed by atoms with Gasteiger partial charge < -0.3 is 35.6 Å². The second-order valence-corrected chi connectivity index (χ2v) is 9.50. The van der Waals surface area contributed by atoms with E-state index in [9.17, 15) is 33.1 Å². The van der Waals surface area contributed by atoms with Crippen molar-refractivity contribution in [1.29, 1.82) is 0 Å². The zero-order valence-corrected chi connectivity index (χ0v) is 21.0. The molecule has 4 atom stereocenters. The summed E-state index contributed by atoms with van der Waals surface area (Å²) < 4.78 is 39.3. The van der Waals surface area contributed by atoms with Crippen LogP contribution in [0.25, 0.3) is 0 Å². The normalized spacial score (nSPS) is 21.7. The molecule has 1 saturated heterocycles. The van der Waals surface area contributed by atoms with E-state index in [0.29, 0.717) is 24.0 Å². The molecule has 2 heterocycles. The Morgan fingerprint density at radius 3 is 2.51 bits per heavy atom. The van der Waals surface area contributed by atoms with E-state index in [-0.39, 0.29) is 18.1 Å². The highest BCUT2D eigenvalue weighted by Crippen LogP contribution is 2.41. The van der Waals surface area contributed by atoms with Gasteiger partial charge in [0.2, 0.25) is 18.0 Å². The highest BCUT2D eigenvalue weighted by Gasteiger charge is 2.59. The molecule has 0 saturated carbocycles. The van der Waals surface area contributed by atoms with Crippen molar-refractivity contribution >= 4 is 23.7 Å². The van der Waals surface area contributed by atoms with E-state index in [2.05, 4.69) is 20.9 Å². The average molecular weight is 534 g/mol. The number of hydrogen-bond acceptors (Lipinski definition) is 9. The fourth-order valence-electron chi connectivity index (χ4n) is 3.45. The average Bonchev–Trinajstić information content (AvgIpc) is 3.00. The summed E-state index contributed by atoms with van der Waals surface area (Å²) in [6.45, 7) is 5.79. The maximum atomic E-state index is 14.4. The number of hydrogen-bond donors (Lipinski definition) is 5. The Hall–Kier alpha value is -3.17. The SMILES string of the molecule is CC(=O)NCCCC[C@@H](NC(=O)OC(C)(C)C)C(=O)Nc1ccn([C@@H]2O[C@H](CO)[C@@H](O)C2(F)F)c(=O)n1. The molecule has 0 spiro atoms. The molecule has 0 aliphatic carbocycles. The van der Waals surface area contributed by atoms with Crippen LogP contribution in [0.5, 0.6) is 0 Å². The first-order valence-corrected chi connectivity index (χ1v) is 11.6. The Morgan fingerprint density at radius 2 is 1.97 bits per heavy atom. The van der Waals surface area contributed by atoms with Gasteiger partial charge >= 0.3 is 17.7 Å². The van der Waals surface area contributed by atoms with Crippen molar-refractivity contribution in [2.45, 2.75) is 83.0 Å². The highest BCUT2D eigenvalue weighted by molar-refractivity contribution is 5.95. The molecule has 0 unspecified atom stereocenters. The zero-order chi connectivity index (χ0) is 28.0. The van der Waals surface area contributed by atoms with Gasteiger partial charge in [0.05, 0.1) is 6.61 Å². The van der Waals surface area contributed by atoms with Gasteiger partial charge in [-0.1, -0.05) is 0 Å². The number of alkyl carbamates (subject to hydrolysis) is 1. The molecule has 1 fully saturated rings. The number of ether oxygens (including phenoxy) is 2. The number of aliphatic hydroxyl groups is 2. The Balaban J connectivity index is 2.13. The summed E-state index contributed by atoms with van der Waals surface area (Å²) in [4.78, 5) is 52.1. The standard InChI is InChI=1S/C22H33F2N5O8/c1-12(31)25-9-6-5-7-13(26-20(35)37-21(2,3)4)17(33)27-15-8-10-29(19(34)28-15)18-22(23,24)16(32)14(11-30)36-18/h8,10,13-14,16,18,30,32H,5-7,9,11H2,1-4H3,(H,25,31)(H,26,35)(H,27,28,33,34)/t13-,14-,16-,18-/m1/s1. The van der Waals surface area contributed by atoms with Crippen LogP contribution in [-0.2, 0) is 19.1 Å². The monoisotopic (exact) mass is 533 g/mol. The molecule has 1 aliphatic rings. The van der Waals surface area contributed by atoms with E-state index in [1.54, 1.807) is 20.8 Å². The Labute approximate surface area is 211 Å². The number of alkyl halides is 2. The Kier molecular flexibility index (Phi) is 10.1. The van der Waals surface area contributed by atoms with Gasteiger partial charge in [-0.05, 0) is 46.1 Å². The second-order valence-electron chi connectivity index (χ2n) is 9.50. The lowest BCUT2D eigenvalue weighted by Gasteiger charge is -2.23. The van der Waals surface area contributed by atoms with Crippen LogP contribution >= 0.6 is 0 Å². The van der Waals surface area contributed by atoms with Crippen molar-refractivity contribution < 1.29 is 42.9 Å². The van der Waals surface area contributed by atoms with Crippen LogP contribution in [0, 0.1) is 0 Å². The number of unbranched alkanes of at least 4 members (excludes halogenated alkanes) is 1. The number of nitrogens with zero attached hydrogens (tertiary/aromatic N) is 2. The minimum Gasteiger partial charge on any atom is -0.444 e. The lowest BCUT2D eigenvalue weighted by atomic mass is 10.1. The molecule has 1 aromatic rings. The van der Waals surface area contributed by atoms with Gasteiger partial charge in [0.1, 0.15) is 23.6 Å². The minimum atomic E-state index is -3.89. The summed E-state index contributed by atoms with van der Waals surface area (Å²) in [7, 11) is 0. The van der Waals surface area contributed by atoms with Crippen LogP contribution in [0.2, 0.25) is 0 Å². The fraction of sp³-hybridized carbons (Fsp3) is 0.682. The molecule has 208 valence electrons. The molecule has 2 rings (SSSR count). The van der Waals surface area contributed by atoms with E-state index in [0.717, 1.165) is 12.3 Å². The molecule has 0 radical (unpaired) electrons. The smallest absolute Gasteiger partial charge is 0.408 e. The largest absolute Gasteiger partial charge is 0.444 e. The van der Waals surface area contributed by atoms with Crippen molar-refractivity contribution in [2.75, 3.05) is 18.5 Å². The van der Waals surface area contributed by atoms with Gasteiger partial charge in [0.25, 0.3) is 0 Å². The fourth-order valence-corrected chi connectivity index (χ4v) is 3.45. The second kappa shape index (κ2) is 12.4. The van der Waals surface area contributed by atoms with Crippen LogP contribution < -0.4 is 21.6 Å². The van der Waals surface area contributed by atoms with Crippen molar-refractivity contribution in [1.82, 2.24) is 20.2 Å². The molecule has 5 N–H and O–H groups in total. The van der Waals surface area contributed by atoms with E-state index >= 15 is 0 Å². The van der Waals surface area contributed by atoms with Gasteiger partial charge in [-0.25, -0.2) is 9.59 Å². The number of halogens is 2. The Bertz CT molecular complexity index is 1030. The maximum absolute atomic E-state index is 14.4. The molecule has 3 amide bonds. The van der Waals surface area contributed by atoms with Crippen LogP contribution in [-0.4, -0.2) is 80.6 Å². The molecule has 37 heavy (non-hydrogen) atoms. The number of aromatic nitrogens is 2. The van der Waals surface area contributed by atoms with E-state index < -0.39 is 60.3 Å². The van der Waals surface area contributed by atoms with Crippen LogP contribution in [0.3, 0.4) is 0 Å². The summed E-state index contributed by atoms with van der Waals surface area (Å²) in [5.74, 6) is -5.11. The Morgan fingerprint density at radius 1 is 1.30 bits per heavy atom. The molecule has 1 aliphatic heterocycles. The van der Waals surface area contributed by atoms with Crippen molar-refractivity contribution in [3.63, 3.8) is 0 Å². The van der Waals surface area contributed by atoms with Crippen LogP contribution in [0.1, 0.15) is 53.2 Å². The molecular formula is C22H33F2N5O8. The van der Waals surface area contributed by atoms with Gasteiger partial charge in [-0.15, -0.1) is 0 Å². The van der Waals surface area contributed by atoms with Gasteiger partial charge in [-0.2, -0.15) is 13.8 Å². The lowest BCUT2D eigenvalue weighted by molar-refractivity contribution is -0.141. The van der Waals surface area contributed by atoms with Crippen molar-refractivity contribution in [3.05, 3.63) is 22.7 Å². The first-order chi connectivity index (χ1) is 17.2. The summed E-state index contributed by atoms with van der Waals surface area (Å²) >= 11 is 0. The van der Waals surface area contributed by atoms with E-state index in [4.69, 9.17) is 14.6 Å². The van der Waals surface area contributed by atoms with Gasteiger partial charge in [0, 0.05) is 19.7 Å². The topological polar surface area (TPSA) is 181 Å². The maximum Gasteiger partial charge on any atom is 0.408 e. The number of carbonyl (C=O) groups excluding carboxylic acids is 3.